The second-order valence-electron chi connectivity index (χ2n) is 5.68. The number of halogens is 2. The van der Waals surface area contributed by atoms with Crippen molar-refractivity contribution >= 4 is 33.2 Å². The van der Waals surface area contributed by atoms with Gasteiger partial charge in [0.1, 0.15) is 0 Å². The quantitative estimate of drug-likeness (QED) is 0.679. The summed E-state index contributed by atoms with van der Waals surface area (Å²) in [5.74, 6) is 0.569. The summed E-state index contributed by atoms with van der Waals surface area (Å²) in [6, 6.07) is 17.3. The summed E-state index contributed by atoms with van der Waals surface area (Å²) in [5, 5.41) is 4.45. The van der Waals surface area contributed by atoms with E-state index in [2.05, 4.69) is 57.6 Å². The predicted octanol–water partition coefficient (Wildman–Crippen LogP) is 6.24. The third-order valence-electron chi connectivity index (χ3n) is 4.27. The third-order valence-corrected chi connectivity index (χ3v) is 5.07. The van der Waals surface area contributed by atoms with Crippen LogP contribution in [0.25, 0.3) is 0 Å². The van der Waals surface area contributed by atoms with Crippen LogP contribution < -0.4 is 5.32 Å². The molecule has 1 N–H and O–H groups in total. The van der Waals surface area contributed by atoms with Crippen LogP contribution in [-0.4, -0.2) is 6.04 Å². The molecular weight excluding hydrogens is 346 g/mol. The Kier molecular flexibility index (Phi) is 4.87. The van der Waals surface area contributed by atoms with Gasteiger partial charge in [-0.2, -0.15) is 0 Å². The highest BCUT2D eigenvalue weighted by atomic mass is 79.9. The van der Waals surface area contributed by atoms with Gasteiger partial charge in [-0.05, 0) is 36.6 Å². The average molecular weight is 365 g/mol. The normalized spacial score (nSPS) is 22.0. The van der Waals surface area contributed by atoms with Crippen molar-refractivity contribution in [3.63, 3.8) is 0 Å². The zero-order chi connectivity index (χ0) is 14.7. The molecule has 3 heteroatoms. The maximum absolute atomic E-state index is 6.35. The fourth-order valence-electron chi connectivity index (χ4n) is 3.21. The lowest BCUT2D eigenvalue weighted by Gasteiger charge is -2.33. The van der Waals surface area contributed by atoms with Gasteiger partial charge in [0, 0.05) is 16.4 Å². The Morgan fingerprint density at radius 3 is 2.52 bits per heavy atom. The molecule has 1 aliphatic carbocycles. The molecule has 2 unspecified atom stereocenters. The number of nitrogens with one attached hydrogen (secondary N) is 1. The van der Waals surface area contributed by atoms with Crippen LogP contribution in [0.15, 0.2) is 53.0 Å². The molecule has 2 aromatic carbocycles. The molecule has 1 fully saturated rings. The predicted molar refractivity (Wildman–Crippen MR) is 94.2 cm³/mol. The van der Waals surface area contributed by atoms with Crippen LogP contribution in [0, 0.1) is 0 Å². The van der Waals surface area contributed by atoms with Gasteiger partial charge in [-0.25, -0.2) is 0 Å². The van der Waals surface area contributed by atoms with E-state index in [0.29, 0.717) is 12.0 Å². The summed E-state index contributed by atoms with van der Waals surface area (Å²) in [4.78, 5) is 0. The van der Waals surface area contributed by atoms with Gasteiger partial charge < -0.3 is 5.32 Å². The first-order chi connectivity index (χ1) is 10.2. The lowest BCUT2D eigenvalue weighted by molar-refractivity contribution is 0.405. The molecule has 2 atom stereocenters. The average Bonchev–Trinajstić information content (AvgIpc) is 2.51. The van der Waals surface area contributed by atoms with Crippen molar-refractivity contribution in [1.82, 2.24) is 0 Å². The van der Waals surface area contributed by atoms with E-state index in [9.17, 15) is 0 Å². The highest BCUT2D eigenvalue weighted by Crippen LogP contribution is 2.36. The molecule has 1 aliphatic rings. The van der Waals surface area contributed by atoms with Crippen LogP contribution in [0.3, 0.4) is 0 Å². The molecule has 0 bridgehead atoms. The standard InChI is InChI=1S/C18H19BrClN/c19-14-10-11-18(16(20)12-14)21-17-9-5-4-8-15(17)13-6-2-1-3-7-13/h1-3,6-7,10-12,15,17,21H,4-5,8-9H2. The Labute approximate surface area is 139 Å². The highest BCUT2D eigenvalue weighted by molar-refractivity contribution is 9.10. The lowest BCUT2D eigenvalue weighted by Crippen LogP contribution is -2.30. The highest BCUT2D eigenvalue weighted by Gasteiger charge is 2.26. The number of hydrogen-bond acceptors (Lipinski definition) is 1. The first kappa shape index (κ1) is 14.9. The maximum atomic E-state index is 6.35. The Balaban J connectivity index is 1.81. The van der Waals surface area contributed by atoms with Gasteiger partial charge in [0.15, 0.2) is 0 Å². The molecule has 0 spiro atoms. The second kappa shape index (κ2) is 6.85. The number of rotatable bonds is 3. The van der Waals surface area contributed by atoms with Crippen molar-refractivity contribution in [1.29, 1.82) is 0 Å². The molecule has 0 aromatic heterocycles. The number of hydrogen-bond donors (Lipinski definition) is 1. The minimum absolute atomic E-state index is 0.458. The van der Waals surface area contributed by atoms with E-state index in [1.807, 2.05) is 12.1 Å². The molecule has 3 rings (SSSR count). The van der Waals surface area contributed by atoms with E-state index >= 15 is 0 Å². The summed E-state index contributed by atoms with van der Waals surface area (Å²) in [6.45, 7) is 0. The Hall–Kier alpha value is -0.990. The monoisotopic (exact) mass is 363 g/mol. The van der Waals surface area contributed by atoms with Crippen molar-refractivity contribution < 1.29 is 0 Å². The van der Waals surface area contributed by atoms with E-state index in [-0.39, 0.29) is 0 Å². The molecule has 1 saturated carbocycles. The van der Waals surface area contributed by atoms with E-state index in [1.165, 1.54) is 31.2 Å². The fraction of sp³-hybridized carbons (Fsp3) is 0.333. The lowest BCUT2D eigenvalue weighted by atomic mass is 9.80. The molecule has 0 heterocycles. The molecule has 21 heavy (non-hydrogen) atoms. The molecule has 110 valence electrons. The van der Waals surface area contributed by atoms with Crippen molar-refractivity contribution in [3.05, 3.63) is 63.6 Å². The van der Waals surface area contributed by atoms with E-state index in [1.54, 1.807) is 0 Å². The van der Waals surface area contributed by atoms with Crippen molar-refractivity contribution in [2.24, 2.45) is 0 Å². The number of benzene rings is 2. The summed E-state index contributed by atoms with van der Waals surface area (Å²) in [7, 11) is 0. The van der Waals surface area contributed by atoms with Gasteiger partial charge in [0.2, 0.25) is 0 Å². The van der Waals surface area contributed by atoms with E-state index in [4.69, 9.17) is 11.6 Å². The Morgan fingerprint density at radius 2 is 1.76 bits per heavy atom. The molecule has 1 nitrogen and oxygen atoms in total. The van der Waals surface area contributed by atoms with Crippen LogP contribution in [0.5, 0.6) is 0 Å². The maximum Gasteiger partial charge on any atom is 0.0648 e. The third kappa shape index (κ3) is 3.61. The van der Waals surface area contributed by atoms with Crippen LogP contribution in [0.4, 0.5) is 5.69 Å². The first-order valence-electron chi connectivity index (χ1n) is 7.50. The number of anilines is 1. The van der Waals surface area contributed by atoms with Crippen molar-refractivity contribution in [2.45, 2.75) is 37.6 Å². The fourth-order valence-corrected chi connectivity index (χ4v) is 3.94. The second-order valence-corrected chi connectivity index (χ2v) is 7.00. The molecule has 2 aromatic rings. The topological polar surface area (TPSA) is 12.0 Å². The van der Waals surface area contributed by atoms with Crippen LogP contribution >= 0.6 is 27.5 Å². The van der Waals surface area contributed by atoms with Gasteiger partial charge in [0.05, 0.1) is 10.7 Å². The summed E-state index contributed by atoms with van der Waals surface area (Å²) < 4.78 is 1.02. The van der Waals surface area contributed by atoms with Crippen LogP contribution in [0.1, 0.15) is 37.2 Å². The van der Waals surface area contributed by atoms with Gasteiger partial charge in [-0.15, -0.1) is 0 Å². The van der Waals surface area contributed by atoms with Gasteiger partial charge in [-0.3, -0.25) is 0 Å². The zero-order valence-corrected chi connectivity index (χ0v) is 14.2. The Bertz CT molecular complexity index is 599. The molecule has 0 amide bonds. The molecule has 0 aliphatic heterocycles. The van der Waals surface area contributed by atoms with Crippen LogP contribution in [0.2, 0.25) is 5.02 Å². The summed E-state index contributed by atoms with van der Waals surface area (Å²) in [5.41, 5.74) is 2.47. The molecule has 0 radical (unpaired) electrons. The zero-order valence-electron chi connectivity index (χ0n) is 11.9. The van der Waals surface area contributed by atoms with Crippen LogP contribution in [-0.2, 0) is 0 Å². The largest absolute Gasteiger partial charge is 0.380 e. The van der Waals surface area contributed by atoms with Crippen molar-refractivity contribution in [3.8, 4) is 0 Å². The SMILES string of the molecule is Clc1cc(Br)ccc1NC1CCCCC1c1ccccc1. The van der Waals surface area contributed by atoms with Gasteiger partial charge in [-0.1, -0.05) is 70.7 Å². The Morgan fingerprint density at radius 1 is 1.00 bits per heavy atom. The molecular formula is C18H19BrClN. The van der Waals surface area contributed by atoms with Gasteiger partial charge >= 0.3 is 0 Å². The minimum atomic E-state index is 0.458. The molecule has 0 saturated heterocycles. The first-order valence-corrected chi connectivity index (χ1v) is 8.67. The smallest absolute Gasteiger partial charge is 0.0648 e. The minimum Gasteiger partial charge on any atom is -0.380 e. The summed E-state index contributed by atoms with van der Waals surface area (Å²) in [6.07, 6.45) is 5.04. The van der Waals surface area contributed by atoms with E-state index < -0.39 is 0 Å². The van der Waals surface area contributed by atoms with E-state index in [0.717, 1.165) is 15.2 Å². The summed E-state index contributed by atoms with van der Waals surface area (Å²) >= 11 is 9.81. The van der Waals surface area contributed by atoms with Crippen molar-refractivity contribution in [2.75, 3.05) is 5.32 Å². The van der Waals surface area contributed by atoms with Gasteiger partial charge in [0.25, 0.3) is 0 Å².